The zero-order valence-corrected chi connectivity index (χ0v) is 60.4. The Labute approximate surface area is 612 Å². The average molecular weight is 1490 g/mol. The van der Waals surface area contributed by atoms with Gasteiger partial charge in [0.25, 0.3) is 0 Å². The van der Waals surface area contributed by atoms with Crippen LogP contribution in [0, 0.1) is 0 Å². The molecule has 6 amide bonds. The second-order valence-electron chi connectivity index (χ2n) is 26.4. The van der Waals surface area contributed by atoms with E-state index in [0.29, 0.717) is 64.2 Å². The molecule has 2 fully saturated rings. The smallest absolute Gasteiger partial charge is 0.416 e. The van der Waals surface area contributed by atoms with Gasteiger partial charge < -0.3 is 88.7 Å². The van der Waals surface area contributed by atoms with Crippen LogP contribution in [-0.2, 0) is 91.1 Å². The largest absolute Gasteiger partial charge is 0.497 e. The van der Waals surface area contributed by atoms with Gasteiger partial charge in [0.1, 0.15) is 71.2 Å². The summed E-state index contributed by atoms with van der Waals surface area (Å²) in [6, 6.07) is 27.1. The monoisotopic (exact) mass is 1490 g/mol. The van der Waals surface area contributed by atoms with Crippen LogP contribution in [0.4, 0.5) is 47.3 Å². The summed E-state index contributed by atoms with van der Waals surface area (Å²) in [6.07, 6.45) is -15.2. The molecule has 2 aliphatic rings. The maximum atomic E-state index is 15.6. The van der Waals surface area contributed by atoms with Gasteiger partial charge in [-0.05, 0) is 141 Å². The van der Waals surface area contributed by atoms with Gasteiger partial charge in [-0.25, -0.2) is 9.59 Å². The van der Waals surface area contributed by atoms with Gasteiger partial charge in [-0.3, -0.25) is 14.4 Å². The number of benzene rings is 6. The molecule has 2 saturated heterocycles. The van der Waals surface area contributed by atoms with Gasteiger partial charge in [-0.2, -0.15) is 26.3 Å². The number of anilines is 2. The first-order chi connectivity index (χ1) is 50.7. The van der Waals surface area contributed by atoms with Gasteiger partial charge in [-0.1, -0.05) is 93.3 Å². The Morgan fingerprint density at radius 3 is 1.45 bits per heavy atom. The molecule has 0 bridgehead atoms. The highest BCUT2D eigenvalue weighted by Crippen LogP contribution is 2.36. The van der Waals surface area contributed by atoms with E-state index in [1.165, 1.54) is 40.6 Å². The predicted molar refractivity (Wildman–Crippen MR) is 379 cm³/mol. The summed E-state index contributed by atoms with van der Waals surface area (Å²) in [6.45, 7) is 5.44. The molecule has 0 aliphatic carbocycles. The lowest BCUT2D eigenvalue weighted by Gasteiger charge is -2.49. The van der Waals surface area contributed by atoms with Crippen molar-refractivity contribution >= 4 is 41.2 Å². The first-order valence-electron chi connectivity index (χ1n) is 34.8. The summed E-state index contributed by atoms with van der Waals surface area (Å²) in [5.41, 5.74) is -1.11. The lowest BCUT2D eigenvalue weighted by molar-refractivity contribution is -0.309. The van der Waals surface area contributed by atoms with Crippen LogP contribution in [0.2, 0.25) is 0 Å². The van der Waals surface area contributed by atoms with Crippen LogP contribution in [-0.4, -0.2) is 145 Å². The fraction of sp³-hybridized carbons (Fsp3) is 0.468. The molecule has 10 atom stereocenters. The minimum absolute atomic E-state index is 0.0131. The number of hydrogen-bond acceptors (Lipinski definition) is 17. The van der Waals surface area contributed by atoms with Crippen molar-refractivity contribution in [3.63, 3.8) is 0 Å². The topological polar surface area (TPSA) is 268 Å². The van der Waals surface area contributed by atoms with Crippen LogP contribution < -0.4 is 50.8 Å². The number of amides is 6. The number of rotatable bonds is 36. The van der Waals surface area contributed by atoms with Crippen molar-refractivity contribution in [3.05, 3.63) is 179 Å². The standard InChI is InChI=1S/C77H94F6N6O17/c1-9-10-11-12-13-20-64(90)86-60(37-38-65(91)106-75(2,3)4)71(92)88-66-62(46-99-41-48-21-29-56(95-5)30-22-48)101-45-61(87-73(93)84-54-18-14-16-52(39-54)76(78,79)80)68(66)105-72-67(89-74(94)85-55-19-15-17-53(40-55)77(81,82)83)70(103-44-51-27-35-59(98-8)36-28-51)69(102-43-50-25-33-58(97-7)34-26-50)63(104-72)47-100-42-49-23-31-57(96-6)32-24-49/h14-19,21-36,39-40,60-63,66-70,72H,9-13,20,37-38,41-47H2,1-8H3,(H,86,90)(H,88,92)(H2,84,87,93)(H2,85,89,94)/t60?,61?,62?,63?,66-,67?,68+,69+,70+,72-/m0/s1. The van der Waals surface area contributed by atoms with Crippen molar-refractivity contribution < 1.29 is 107 Å². The van der Waals surface area contributed by atoms with E-state index in [0.717, 1.165) is 49.6 Å². The fourth-order valence-corrected chi connectivity index (χ4v) is 11.8. The second kappa shape index (κ2) is 39.9. The Balaban J connectivity index is 1.29. The van der Waals surface area contributed by atoms with Crippen molar-refractivity contribution in [2.24, 2.45) is 0 Å². The predicted octanol–water partition coefficient (Wildman–Crippen LogP) is 13.0. The zero-order valence-electron chi connectivity index (χ0n) is 60.4. The number of hydrogen-bond donors (Lipinski definition) is 6. The number of unbranched alkanes of at least 4 members (excludes halogenated alkanes) is 4. The maximum Gasteiger partial charge on any atom is 0.416 e. The lowest BCUT2D eigenvalue weighted by atomic mass is 9.92. The van der Waals surface area contributed by atoms with Crippen LogP contribution >= 0.6 is 0 Å². The molecule has 6 N–H and O–H groups in total. The molecule has 6 aromatic carbocycles. The molecule has 6 aromatic rings. The van der Waals surface area contributed by atoms with Crippen LogP contribution in [0.3, 0.4) is 0 Å². The third kappa shape index (κ3) is 26.1. The molecule has 0 spiro atoms. The summed E-state index contributed by atoms with van der Waals surface area (Å²) in [7, 11) is 6.03. The molecule has 0 aromatic heterocycles. The third-order valence-electron chi connectivity index (χ3n) is 17.2. The number of alkyl halides is 6. The quantitative estimate of drug-likeness (QED) is 0.0121. The molecule has 0 radical (unpaired) electrons. The van der Waals surface area contributed by atoms with E-state index in [-0.39, 0.29) is 70.3 Å². The first kappa shape index (κ1) is 82.4. The second-order valence-corrected chi connectivity index (χ2v) is 26.4. The van der Waals surface area contributed by atoms with Crippen molar-refractivity contribution in [1.82, 2.24) is 21.3 Å². The molecular formula is C77H94F6N6O17. The Kier molecular flexibility index (Phi) is 31.0. The van der Waals surface area contributed by atoms with Crippen molar-refractivity contribution in [2.45, 2.75) is 184 Å². The van der Waals surface area contributed by atoms with Crippen molar-refractivity contribution in [3.8, 4) is 23.0 Å². The van der Waals surface area contributed by atoms with Crippen molar-refractivity contribution in [2.75, 3.05) is 58.9 Å². The minimum atomic E-state index is -4.83. The number of halogens is 6. The maximum absolute atomic E-state index is 15.6. The molecular weight excluding hydrogens is 1390 g/mol. The Morgan fingerprint density at radius 1 is 0.519 bits per heavy atom. The highest BCUT2D eigenvalue weighted by atomic mass is 19.4. The zero-order chi connectivity index (χ0) is 76.4. The number of urea groups is 2. The van der Waals surface area contributed by atoms with Gasteiger partial charge in [0, 0.05) is 24.2 Å². The van der Waals surface area contributed by atoms with E-state index in [1.54, 1.807) is 118 Å². The van der Waals surface area contributed by atoms with E-state index in [2.05, 4.69) is 38.8 Å². The summed E-state index contributed by atoms with van der Waals surface area (Å²) in [5, 5.41) is 16.4. The Hall–Kier alpha value is -9.23. The normalized spacial score (nSPS) is 19.9. The number of carbonyl (C=O) groups is 5. The van der Waals surface area contributed by atoms with Crippen LogP contribution in [0.5, 0.6) is 23.0 Å². The Bertz CT molecular complexity index is 3740. The molecule has 29 heteroatoms. The van der Waals surface area contributed by atoms with Crippen molar-refractivity contribution in [1.29, 1.82) is 0 Å². The highest BCUT2D eigenvalue weighted by Gasteiger charge is 2.53. The molecule has 8 rings (SSSR count). The van der Waals surface area contributed by atoms with E-state index in [1.807, 2.05) is 0 Å². The molecule has 2 heterocycles. The van der Waals surface area contributed by atoms with Gasteiger partial charge in [0.15, 0.2) is 6.29 Å². The molecule has 5 unspecified atom stereocenters. The van der Waals surface area contributed by atoms with Gasteiger partial charge in [-0.15, -0.1) is 0 Å². The van der Waals surface area contributed by atoms with Gasteiger partial charge in [0.05, 0.1) is 97.9 Å². The summed E-state index contributed by atoms with van der Waals surface area (Å²) in [4.78, 5) is 72.6. The lowest BCUT2D eigenvalue weighted by Crippen LogP contribution is -2.71. The summed E-state index contributed by atoms with van der Waals surface area (Å²) in [5.74, 6) is 0.0751. The third-order valence-corrected chi connectivity index (χ3v) is 17.2. The van der Waals surface area contributed by atoms with Crippen LogP contribution in [0.1, 0.15) is 112 Å². The molecule has 576 valence electrons. The first-order valence-corrected chi connectivity index (χ1v) is 34.8. The Morgan fingerprint density at radius 2 is 0.981 bits per heavy atom. The summed E-state index contributed by atoms with van der Waals surface area (Å²) < 4.78 is 161. The number of ether oxygens (including phenoxy) is 12. The van der Waals surface area contributed by atoms with E-state index in [4.69, 9.17) is 56.8 Å². The highest BCUT2D eigenvalue weighted by molar-refractivity contribution is 5.91. The number of methoxy groups -OCH3 is 4. The average Bonchev–Trinajstić information content (AvgIpc) is 0.770. The molecule has 23 nitrogen and oxygen atoms in total. The van der Waals surface area contributed by atoms with Gasteiger partial charge in [0.2, 0.25) is 11.8 Å². The minimum Gasteiger partial charge on any atom is -0.497 e. The van der Waals surface area contributed by atoms with E-state index in [9.17, 15) is 45.5 Å². The molecule has 2 aliphatic heterocycles. The van der Waals surface area contributed by atoms with Crippen LogP contribution in [0.25, 0.3) is 0 Å². The van der Waals surface area contributed by atoms with E-state index < -0.39 is 127 Å². The fourth-order valence-electron chi connectivity index (χ4n) is 11.8. The number of esters is 1. The molecule has 0 saturated carbocycles. The SMILES string of the molecule is CCCCCCCC(=O)NC(CCC(=O)OC(C)(C)C)C(=O)N[C@H]1C(COCc2ccc(OC)cc2)OCC(NC(=O)Nc2cccc(C(F)(F)F)c2)[C@H]1O[C@@H]1OC(COCc2ccc(OC)cc2)[C@@H](OCc2ccc(OC)cc2)[C@H](OCc2ccc(OC)cc2)C1NC(=O)Nc1cccc(C(F)(F)F)c1. The van der Waals surface area contributed by atoms with Gasteiger partial charge >= 0.3 is 30.4 Å². The van der Waals surface area contributed by atoms with E-state index >= 15 is 4.79 Å². The molecule has 106 heavy (non-hydrogen) atoms. The van der Waals surface area contributed by atoms with Crippen LogP contribution in [0.15, 0.2) is 146 Å². The number of nitrogens with one attached hydrogen (secondary N) is 6. The summed E-state index contributed by atoms with van der Waals surface area (Å²) >= 11 is 0. The number of carbonyl (C=O) groups excluding carboxylic acids is 5.